The van der Waals surface area contributed by atoms with Crippen LogP contribution in [-0.4, -0.2) is 25.9 Å². The molecule has 0 saturated heterocycles. The predicted octanol–water partition coefficient (Wildman–Crippen LogP) is 3.63. The van der Waals surface area contributed by atoms with Crippen molar-refractivity contribution >= 4 is 22.9 Å². The van der Waals surface area contributed by atoms with Gasteiger partial charge in [-0.25, -0.2) is 0 Å². The molecule has 7 heteroatoms. The lowest BCUT2D eigenvalue weighted by molar-refractivity contribution is -0.173. The van der Waals surface area contributed by atoms with E-state index < -0.39 is 12.8 Å². The summed E-state index contributed by atoms with van der Waals surface area (Å²) in [4.78, 5) is 1.05. The molecule has 1 rings (SSSR count). The first-order chi connectivity index (χ1) is 7.88. The third-order valence-corrected chi connectivity index (χ3v) is 3.40. The maximum absolute atomic E-state index is 11.8. The van der Waals surface area contributed by atoms with Gasteiger partial charge >= 0.3 is 6.18 Å². The lowest BCUT2D eigenvalue weighted by Gasteiger charge is -2.12. The number of rotatable bonds is 6. The molecule has 1 atom stereocenters. The fourth-order valence-corrected chi connectivity index (χ4v) is 2.28. The Balaban J connectivity index is 2.15. The van der Waals surface area contributed by atoms with Crippen molar-refractivity contribution in [1.82, 2.24) is 5.32 Å². The Kier molecular flexibility index (Phi) is 5.72. The van der Waals surface area contributed by atoms with Crippen molar-refractivity contribution in [3.8, 4) is 0 Å². The van der Waals surface area contributed by atoms with Gasteiger partial charge in [0.25, 0.3) is 0 Å². The zero-order chi connectivity index (χ0) is 12.9. The van der Waals surface area contributed by atoms with E-state index in [1.165, 1.54) is 11.3 Å². The van der Waals surface area contributed by atoms with Crippen LogP contribution in [0.5, 0.6) is 0 Å². The molecule has 0 radical (unpaired) electrons. The first kappa shape index (κ1) is 14.8. The Bertz CT molecular complexity index is 343. The van der Waals surface area contributed by atoms with Gasteiger partial charge in [0.15, 0.2) is 0 Å². The van der Waals surface area contributed by atoms with E-state index >= 15 is 0 Å². The lowest BCUT2D eigenvalue weighted by Crippen LogP contribution is -2.25. The fourth-order valence-electron chi connectivity index (χ4n) is 1.20. The number of hydrogen-bond donors (Lipinski definition) is 1. The molecule has 98 valence electrons. The van der Waals surface area contributed by atoms with Gasteiger partial charge in [0.1, 0.15) is 6.61 Å². The van der Waals surface area contributed by atoms with Gasteiger partial charge in [0.2, 0.25) is 0 Å². The summed E-state index contributed by atoms with van der Waals surface area (Å²) in [5.41, 5.74) is 0. The maximum atomic E-state index is 11.8. The Labute approximate surface area is 107 Å². The van der Waals surface area contributed by atoms with E-state index in [1.54, 1.807) is 6.07 Å². The third kappa shape index (κ3) is 6.26. The van der Waals surface area contributed by atoms with Gasteiger partial charge in [0, 0.05) is 17.5 Å². The summed E-state index contributed by atoms with van der Waals surface area (Å²) in [6.07, 6.45) is -4.26. The molecule has 1 heterocycles. The summed E-state index contributed by atoms with van der Waals surface area (Å²) in [6.45, 7) is 1.12. The topological polar surface area (TPSA) is 21.3 Å². The zero-order valence-electron chi connectivity index (χ0n) is 9.18. The molecule has 2 nitrogen and oxygen atoms in total. The lowest BCUT2D eigenvalue weighted by atomic mass is 10.3. The van der Waals surface area contributed by atoms with E-state index in [9.17, 15) is 13.2 Å². The molecule has 0 saturated carbocycles. The average Bonchev–Trinajstić information content (AvgIpc) is 2.62. The minimum atomic E-state index is -4.26. The van der Waals surface area contributed by atoms with Gasteiger partial charge in [0.05, 0.1) is 10.9 Å². The Hall–Kier alpha value is -0.300. The number of thiophene rings is 1. The second kappa shape index (κ2) is 6.58. The molecule has 1 unspecified atom stereocenters. The van der Waals surface area contributed by atoms with Crippen LogP contribution in [0.2, 0.25) is 4.34 Å². The highest BCUT2D eigenvalue weighted by atomic mass is 35.5. The van der Waals surface area contributed by atoms with Gasteiger partial charge in [-0.05, 0) is 19.1 Å². The Morgan fingerprint density at radius 2 is 2.18 bits per heavy atom. The van der Waals surface area contributed by atoms with Crippen molar-refractivity contribution in [2.45, 2.75) is 19.1 Å². The van der Waals surface area contributed by atoms with E-state index in [4.69, 9.17) is 11.6 Å². The molecule has 0 fully saturated rings. The standard InChI is InChI=1S/C10H13ClF3NOS/c1-7(8-2-3-9(11)17-8)15-4-5-16-6-10(12,13)14/h2-3,7,15H,4-6H2,1H3. The van der Waals surface area contributed by atoms with Crippen molar-refractivity contribution in [2.24, 2.45) is 0 Å². The van der Waals surface area contributed by atoms with Gasteiger partial charge < -0.3 is 10.1 Å². The molecular weight excluding hydrogens is 275 g/mol. The van der Waals surface area contributed by atoms with Gasteiger partial charge in [-0.2, -0.15) is 13.2 Å². The molecule has 0 aliphatic carbocycles. The normalized spacial score (nSPS) is 13.9. The predicted molar refractivity (Wildman–Crippen MR) is 62.6 cm³/mol. The Morgan fingerprint density at radius 3 is 2.71 bits per heavy atom. The SMILES string of the molecule is CC(NCCOCC(F)(F)F)c1ccc(Cl)s1. The van der Waals surface area contributed by atoms with Crippen LogP contribution in [0.15, 0.2) is 12.1 Å². The second-order valence-electron chi connectivity index (χ2n) is 3.49. The monoisotopic (exact) mass is 287 g/mol. The molecule has 0 aromatic carbocycles. The molecule has 0 amide bonds. The third-order valence-electron chi connectivity index (χ3n) is 1.98. The highest BCUT2D eigenvalue weighted by Crippen LogP contribution is 2.26. The molecule has 1 aromatic rings. The van der Waals surface area contributed by atoms with Crippen LogP contribution >= 0.6 is 22.9 Å². The number of alkyl halides is 3. The molecule has 1 N–H and O–H groups in total. The molecular formula is C10H13ClF3NOS. The first-order valence-electron chi connectivity index (χ1n) is 5.01. The van der Waals surface area contributed by atoms with Gasteiger partial charge in [-0.3, -0.25) is 0 Å². The highest BCUT2D eigenvalue weighted by Gasteiger charge is 2.27. The number of ether oxygens (including phenoxy) is 1. The van der Waals surface area contributed by atoms with Gasteiger partial charge in [-0.1, -0.05) is 11.6 Å². The van der Waals surface area contributed by atoms with Crippen molar-refractivity contribution in [1.29, 1.82) is 0 Å². The van der Waals surface area contributed by atoms with Crippen molar-refractivity contribution < 1.29 is 17.9 Å². The summed E-state index contributed by atoms with van der Waals surface area (Å²) >= 11 is 7.23. The van der Waals surface area contributed by atoms with Crippen LogP contribution in [-0.2, 0) is 4.74 Å². The van der Waals surface area contributed by atoms with Crippen LogP contribution in [0, 0.1) is 0 Å². The number of nitrogens with one attached hydrogen (secondary N) is 1. The summed E-state index contributed by atoms with van der Waals surface area (Å²) in [6, 6.07) is 3.74. The highest BCUT2D eigenvalue weighted by molar-refractivity contribution is 7.16. The minimum Gasteiger partial charge on any atom is -0.371 e. The van der Waals surface area contributed by atoms with E-state index in [2.05, 4.69) is 10.1 Å². The Morgan fingerprint density at radius 1 is 1.47 bits per heavy atom. The summed E-state index contributed by atoms with van der Waals surface area (Å²) in [5.74, 6) is 0. The van der Waals surface area contributed by atoms with Crippen molar-refractivity contribution in [2.75, 3.05) is 19.8 Å². The average molecular weight is 288 g/mol. The van der Waals surface area contributed by atoms with E-state index in [-0.39, 0.29) is 12.6 Å². The van der Waals surface area contributed by atoms with Crippen molar-refractivity contribution in [3.05, 3.63) is 21.3 Å². The zero-order valence-corrected chi connectivity index (χ0v) is 10.8. The summed E-state index contributed by atoms with van der Waals surface area (Å²) in [5, 5.41) is 3.06. The van der Waals surface area contributed by atoms with E-state index in [0.29, 0.717) is 10.9 Å². The maximum Gasteiger partial charge on any atom is 0.411 e. The smallest absolute Gasteiger partial charge is 0.371 e. The van der Waals surface area contributed by atoms with Crippen LogP contribution in [0.1, 0.15) is 17.8 Å². The molecule has 0 spiro atoms. The molecule has 0 aliphatic rings. The van der Waals surface area contributed by atoms with Gasteiger partial charge in [-0.15, -0.1) is 11.3 Å². The minimum absolute atomic E-state index is 0.0307. The van der Waals surface area contributed by atoms with Crippen LogP contribution in [0.25, 0.3) is 0 Å². The largest absolute Gasteiger partial charge is 0.411 e. The second-order valence-corrected chi connectivity index (χ2v) is 5.23. The molecule has 17 heavy (non-hydrogen) atoms. The van der Waals surface area contributed by atoms with E-state index in [1.807, 2.05) is 13.0 Å². The molecule has 0 bridgehead atoms. The van der Waals surface area contributed by atoms with E-state index in [0.717, 1.165) is 4.88 Å². The van der Waals surface area contributed by atoms with Crippen LogP contribution < -0.4 is 5.32 Å². The van der Waals surface area contributed by atoms with Crippen molar-refractivity contribution in [3.63, 3.8) is 0 Å². The quantitative estimate of drug-likeness (QED) is 0.807. The number of hydrogen-bond acceptors (Lipinski definition) is 3. The first-order valence-corrected chi connectivity index (χ1v) is 6.21. The molecule has 0 aliphatic heterocycles. The van der Waals surface area contributed by atoms with Crippen LogP contribution in [0.4, 0.5) is 13.2 Å². The number of halogens is 4. The molecule has 1 aromatic heterocycles. The van der Waals surface area contributed by atoms with Crippen LogP contribution in [0.3, 0.4) is 0 Å². The summed E-state index contributed by atoms with van der Waals surface area (Å²) in [7, 11) is 0. The fraction of sp³-hybridized carbons (Fsp3) is 0.600. The summed E-state index contributed by atoms with van der Waals surface area (Å²) < 4.78 is 40.4.